The average molecular weight is 281 g/mol. The number of hydrogen-bond donors (Lipinski definition) is 1. The summed E-state index contributed by atoms with van der Waals surface area (Å²) in [5.74, 6) is 1.62. The maximum Gasteiger partial charge on any atom is 0.134 e. The van der Waals surface area contributed by atoms with Gasteiger partial charge in [-0.3, -0.25) is 0 Å². The monoisotopic (exact) mass is 281 g/mol. The van der Waals surface area contributed by atoms with Gasteiger partial charge in [-0.2, -0.15) is 0 Å². The number of nitrogens with one attached hydrogen (secondary N) is 1. The molecule has 0 saturated heterocycles. The minimum Gasteiger partial charge on any atom is -0.494 e. The van der Waals surface area contributed by atoms with Crippen molar-refractivity contribution in [1.82, 2.24) is 5.32 Å². The lowest BCUT2D eigenvalue weighted by Gasteiger charge is -2.25. The van der Waals surface area contributed by atoms with Crippen LogP contribution in [-0.4, -0.2) is 38.5 Å². The molecule has 0 aliphatic carbocycles. The highest BCUT2D eigenvalue weighted by Gasteiger charge is 2.15. The van der Waals surface area contributed by atoms with E-state index in [4.69, 9.17) is 14.2 Å². The quantitative estimate of drug-likeness (QED) is 0.795. The Morgan fingerprint density at radius 2 is 1.90 bits per heavy atom. The first-order valence-electron chi connectivity index (χ1n) is 7.08. The third-order valence-electron chi connectivity index (χ3n) is 2.63. The van der Waals surface area contributed by atoms with Gasteiger partial charge in [0.2, 0.25) is 0 Å². The zero-order valence-electron chi connectivity index (χ0n) is 13.2. The van der Waals surface area contributed by atoms with E-state index in [2.05, 4.69) is 26.1 Å². The van der Waals surface area contributed by atoms with Crippen LogP contribution < -0.4 is 14.8 Å². The van der Waals surface area contributed by atoms with Crippen LogP contribution in [0.4, 0.5) is 0 Å². The Kier molecular flexibility index (Phi) is 6.82. The molecule has 114 valence electrons. The molecule has 0 bridgehead atoms. The van der Waals surface area contributed by atoms with Crippen molar-refractivity contribution in [1.29, 1.82) is 0 Å². The summed E-state index contributed by atoms with van der Waals surface area (Å²) in [7, 11) is 1.68. The molecule has 0 spiro atoms. The van der Waals surface area contributed by atoms with Crippen LogP contribution in [0.2, 0.25) is 0 Å². The third-order valence-corrected chi connectivity index (χ3v) is 2.63. The molecule has 1 aromatic rings. The van der Waals surface area contributed by atoms with Crippen molar-refractivity contribution < 1.29 is 14.2 Å². The summed E-state index contributed by atoms with van der Waals surface area (Å²) in [5.41, 5.74) is 0.0581. The molecule has 1 rings (SSSR count). The second-order valence-electron chi connectivity index (χ2n) is 5.73. The average Bonchev–Trinajstić information content (AvgIpc) is 2.36. The molecule has 0 fully saturated rings. The van der Waals surface area contributed by atoms with Gasteiger partial charge in [0.15, 0.2) is 0 Å². The molecule has 1 aromatic carbocycles. The Bertz CT molecular complexity index is 388. The topological polar surface area (TPSA) is 39.7 Å². The summed E-state index contributed by atoms with van der Waals surface area (Å²) in [6, 6.07) is 7.70. The summed E-state index contributed by atoms with van der Waals surface area (Å²) in [6.45, 7) is 10.3. The number of ether oxygens (including phenoxy) is 3. The molecule has 4 heteroatoms. The lowest BCUT2D eigenvalue weighted by molar-refractivity contribution is 0.0763. The molecular weight excluding hydrogens is 254 g/mol. The minimum atomic E-state index is -0.0314. The fraction of sp³-hybridized carbons (Fsp3) is 0.625. The second kappa shape index (κ2) is 8.12. The van der Waals surface area contributed by atoms with E-state index in [0.717, 1.165) is 18.0 Å². The largest absolute Gasteiger partial charge is 0.494 e. The van der Waals surface area contributed by atoms with Crippen LogP contribution in [0, 0.1) is 0 Å². The molecular formula is C16H27NO3. The van der Waals surface area contributed by atoms with Crippen LogP contribution in [0.1, 0.15) is 27.7 Å². The molecule has 0 aromatic heterocycles. The SMILES string of the molecule is CCOc1cccc(OC(CNC(C)(C)C)COC)c1. The number of benzene rings is 1. The van der Waals surface area contributed by atoms with Crippen molar-refractivity contribution in [2.75, 3.05) is 26.9 Å². The standard InChI is InChI=1S/C16H27NO3/c1-6-19-13-8-7-9-14(10-13)20-15(12-18-5)11-17-16(2,3)4/h7-10,15,17H,6,11-12H2,1-5H3. The molecule has 0 aliphatic heterocycles. The van der Waals surface area contributed by atoms with E-state index in [1.54, 1.807) is 7.11 Å². The Labute approximate surface area is 122 Å². The second-order valence-corrected chi connectivity index (χ2v) is 5.73. The van der Waals surface area contributed by atoms with E-state index >= 15 is 0 Å². The maximum atomic E-state index is 5.97. The molecule has 0 radical (unpaired) electrons. The van der Waals surface area contributed by atoms with Crippen LogP contribution >= 0.6 is 0 Å². The predicted molar refractivity (Wildman–Crippen MR) is 81.7 cm³/mol. The van der Waals surface area contributed by atoms with E-state index < -0.39 is 0 Å². The highest BCUT2D eigenvalue weighted by molar-refractivity contribution is 5.33. The Morgan fingerprint density at radius 3 is 2.50 bits per heavy atom. The molecule has 4 nitrogen and oxygen atoms in total. The van der Waals surface area contributed by atoms with Crippen LogP contribution in [0.15, 0.2) is 24.3 Å². The highest BCUT2D eigenvalue weighted by Crippen LogP contribution is 2.20. The Morgan fingerprint density at radius 1 is 1.20 bits per heavy atom. The van der Waals surface area contributed by atoms with E-state index in [1.807, 2.05) is 31.2 Å². The van der Waals surface area contributed by atoms with Gasteiger partial charge in [0, 0.05) is 25.3 Å². The first-order valence-corrected chi connectivity index (χ1v) is 7.08. The zero-order chi connectivity index (χ0) is 15.0. The molecule has 1 unspecified atom stereocenters. The minimum absolute atomic E-state index is 0.0314. The Balaban J connectivity index is 2.62. The molecule has 1 N–H and O–H groups in total. The highest BCUT2D eigenvalue weighted by atomic mass is 16.5. The van der Waals surface area contributed by atoms with Crippen LogP contribution in [-0.2, 0) is 4.74 Å². The van der Waals surface area contributed by atoms with Gasteiger partial charge < -0.3 is 19.5 Å². The molecule has 0 heterocycles. The lowest BCUT2D eigenvalue weighted by Crippen LogP contribution is -2.44. The predicted octanol–water partition coefficient (Wildman–Crippen LogP) is 2.87. The molecule has 1 atom stereocenters. The van der Waals surface area contributed by atoms with Gasteiger partial charge in [-0.25, -0.2) is 0 Å². The first-order chi connectivity index (χ1) is 9.44. The van der Waals surface area contributed by atoms with E-state index in [9.17, 15) is 0 Å². The van der Waals surface area contributed by atoms with Crippen molar-refractivity contribution in [3.8, 4) is 11.5 Å². The molecule has 0 amide bonds. The third kappa shape index (κ3) is 6.78. The van der Waals surface area contributed by atoms with Gasteiger partial charge in [0.05, 0.1) is 13.2 Å². The molecule has 20 heavy (non-hydrogen) atoms. The van der Waals surface area contributed by atoms with Crippen molar-refractivity contribution in [2.24, 2.45) is 0 Å². The zero-order valence-corrected chi connectivity index (χ0v) is 13.2. The van der Waals surface area contributed by atoms with Crippen molar-refractivity contribution in [2.45, 2.75) is 39.3 Å². The van der Waals surface area contributed by atoms with Crippen molar-refractivity contribution >= 4 is 0 Å². The summed E-state index contributed by atoms with van der Waals surface area (Å²) < 4.78 is 16.7. The van der Waals surface area contributed by atoms with E-state index in [1.165, 1.54) is 0 Å². The lowest BCUT2D eigenvalue weighted by atomic mass is 10.1. The maximum absolute atomic E-state index is 5.97. The summed E-state index contributed by atoms with van der Waals surface area (Å²) in [5, 5.41) is 3.43. The summed E-state index contributed by atoms with van der Waals surface area (Å²) >= 11 is 0. The van der Waals surface area contributed by atoms with Gasteiger partial charge in [0.1, 0.15) is 17.6 Å². The number of rotatable bonds is 8. The molecule has 0 aliphatic rings. The van der Waals surface area contributed by atoms with Crippen LogP contribution in [0.5, 0.6) is 11.5 Å². The Hall–Kier alpha value is -1.26. The van der Waals surface area contributed by atoms with E-state index in [-0.39, 0.29) is 11.6 Å². The smallest absolute Gasteiger partial charge is 0.134 e. The van der Waals surface area contributed by atoms with Crippen molar-refractivity contribution in [3.63, 3.8) is 0 Å². The normalized spacial score (nSPS) is 13.1. The number of methoxy groups -OCH3 is 1. The van der Waals surface area contributed by atoms with Gasteiger partial charge >= 0.3 is 0 Å². The van der Waals surface area contributed by atoms with Gasteiger partial charge in [-0.05, 0) is 39.8 Å². The van der Waals surface area contributed by atoms with E-state index in [0.29, 0.717) is 13.2 Å². The van der Waals surface area contributed by atoms with Gasteiger partial charge in [-0.15, -0.1) is 0 Å². The summed E-state index contributed by atoms with van der Waals surface area (Å²) in [6.07, 6.45) is -0.0314. The van der Waals surface area contributed by atoms with Crippen molar-refractivity contribution in [3.05, 3.63) is 24.3 Å². The van der Waals surface area contributed by atoms with Gasteiger partial charge in [-0.1, -0.05) is 6.07 Å². The number of hydrogen-bond acceptors (Lipinski definition) is 4. The summed E-state index contributed by atoms with van der Waals surface area (Å²) in [4.78, 5) is 0. The fourth-order valence-electron chi connectivity index (χ4n) is 1.74. The van der Waals surface area contributed by atoms with Gasteiger partial charge in [0.25, 0.3) is 0 Å². The molecule has 0 saturated carbocycles. The van der Waals surface area contributed by atoms with Crippen LogP contribution in [0.3, 0.4) is 0 Å². The fourth-order valence-corrected chi connectivity index (χ4v) is 1.74. The van der Waals surface area contributed by atoms with Crippen LogP contribution in [0.25, 0.3) is 0 Å². The first kappa shape index (κ1) is 16.8.